The lowest BCUT2D eigenvalue weighted by Gasteiger charge is -2.15. The first-order chi connectivity index (χ1) is 20.0. The molecule has 3 aromatic carbocycles. The van der Waals surface area contributed by atoms with Crippen LogP contribution in [0.25, 0.3) is 0 Å². The van der Waals surface area contributed by atoms with Crippen molar-refractivity contribution in [3.63, 3.8) is 0 Å². The van der Waals surface area contributed by atoms with Crippen LogP contribution in [0.4, 0.5) is 18.9 Å². The number of amides is 3. The molecule has 3 aromatic rings. The van der Waals surface area contributed by atoms with E-state index in [4.69, 9.17) is 18.9 Å². The molecule has 15 heteroatoms. The number of nitrogens with zero attached hydrogens (tertiary/aromatic N) is 1. The van der Waals surface area contributed by atoms with Crippen molar-refractivity contribution in [3.05, 3.63) is 75.8 Å². The number of nitrogens with one attached hydrogen (secondary N) is 3. The van der Waals surface area contributed by atoms with Gasteiger partial charge in [-0.05, 0) is 59.7 Å². The number of hydrogen-bond donors (Lipinski definition) is 3. The van der Waals surface area contributed by atoms with Crippen LogP contribution in [0, 0.1) is 0 Å². The summed E-state index contributed by atoms with van der Waals surface area (Å²) >= 11 is 2.98. The van der Waals surface area contributed by atoms with Crippen molar-refractivity contribution >= 4 is 45.6 Å². The summed E-state index contributed by atoms with van der Waals surface area (Å²) in [6.45, 7) is -0.406. The third-order valence-corrected chi connectivity index (χ3v) is 6.08. The van der Waals surface area contributed by atoms with Gasteiger partial charge < -0.3 is 29.6 Å². The monoisotopic (exact) mass is 650 g/mol. The molecule has 0 aromatic heterocycles. The van der Waals surface area contributed by atoms with E-state index in [9.17, 15) is 27.6 Å². The first-order valence-electron chi connectivity index (χ1n) is 12.0. The van der Waals surface area contributed by atoms with E-state index in [1.54, 1.807) is 18.2 Å². The second-order valence-electron chi connectivity index (χ2n) is 8.50. The Balaban J connectivity index is 1.27. The van der Waals surface area contributed by atoms with Crippen molar-refractivity contribution in [2.24, 2.45) is 5.10 Å². The van der Waals surface area contributed by atoms with Gasteiger partial charge in [0.2, 0.25) is 6.79 Å². The lowest BCUT2D eigenvalue weighted by atomic mass is 10.1. The van der Waals surface area contributed by atoms with Gasteiger partial charge in [-0.25, -0.2) is 5.43 Å². The molecule has 0 saturated heterocycles. The lowest BCUT2D eigenvalue weighted by molar-refractivity contribution is -0.139. The smallest absolute Gasteiger partial charge is 0.418 e. The molecule has 42 heavy (non-hydrogen) atoms. The predicted molar refractivity (Wildman–Crippen MR) is 146 cm³/mol. The number of carbonyl (C=O) groups excluding carboxylic acids is 3. The zero-order chi connectivity index (χ0) is 30.3. The van der Waals surface area contributed by atoms with E-state index in [0.29, 0.717) is 22.6 Å². The van der Waals surface area contributed by atoms with Gasteiger partial charge in [-0.2, -0.15) is 18.3 Å². The molecule has 4 rings (SSSR count). The largest absolute Gasteiger partial charge is 0.493 e. The molecule has 0 spiro atoms. The van der Waals surface area contributed by atoms with Crippen LogP contribution in [0.2, 0.25) is 0 Å². The Morgan fingerprint density at radius 1 is 1.00 bits per heavy atom. The van der Waals surface area contributed by atoms with Gasteiger partial charge in [0, 0.05) is 11.0 Å². The predicted octanol–water partition coefficient (Wildman–Crippen LogP) is 3.99. The summed E-state index contributed by atoms with van der Waals surface area (Å²) in [7, 11) is 1.34. The van der Waals surface area contributed by atoms with Gasteiger partial charge in [-0.3, -0.25) is 14.4 Å². The molecule has 0 bridgehead atoms. The van der Waals surface area contributed by atoms with E-state index in [1.807, 2.05) is 0 Å². The van der Waals surface area contributed by atoms with Crippen LogP contribution < -0.4 is 35.0 Å². The maximum Gasteiger partial charge on any atom is 0.418 e. The molecular formula is C27H22BrF3N4O7. The summed E-state index contributed by atoms with van der Waals surface area (Å²) in [5.41, 5.74) is 1.82. The van der Waals surface area contributed by atoms with E-state index in [0.717, 1.165) is 12.1 Å². The fraction of sp³-hybridized carbons (Fsp3) is 0.185. The van der Waals surface area contributed by atoms with Crippen LogP contribution in [0.3, 0.4) is 0 Å². The number of hydrazone groups is 1. The number of fused-ring (bicyclic) bond motifs is 1. The number of anilines is 1. The molecule has 0 saturated carbocycles. The van der Waals surface area contributed by atoms with Gasteiger partial charge in [0.1, 0.15) is 0 Å². The van der Waals surface area contributed by atoms with Crippen molar-refractivity contribution < 1.29 is 46.5 Å². The van der Waals surface area contributed by atoms with E-state index >= 15 is 0 Å². The minimum Gasteiger partial charge on any atom is -0.493 e. The Morgan fingerprint density at radius 2 is 1.79 bits per heavy atom. The average molecular weight is 651 g/mol. The molecule has 11 nitrogen and oxygen atoms in total. The number of halogens is 4. The summed E-state index contributed by atoms with van der Waals surface area (Å²) < 4.78 is 61.2. The Labute approximate surface area is 245 Å². The Morgan fingerprint density at radius 3 is 2.55 bits per heavy atom. The first kappa shape index (κ1) is 30.2. The Bertz CT molecular complexity index is 1530. The molecule has 0 aliphatic carbocycles. The molecule has 1 aliphatic rings. The Hall–Kier alpha value is -4.79. The van der Waals surface area contributed by atoms with E-state index in [-0.39, 0.29) is 29.3 Å². The summed E-state index contributed by atoms with van der Waals surface area (Å²) in [4.78, 5) is 36.4. The Kier molecular flexibility index (Phi) is 9.52. The van der Waals surface area contributed by atoms with Gasteiger partial charge in [-0.1, -0.05) is 22.0 Å². The minimum absolute atomic E-state index is 0.0793. The van der Waals surface area contributed by atoms with Crippen LogP contribution in [-0.4, -0.2) is 44.4 Å². The quantitative estimate of drug-likeness (QED) is 0.181. The number of carbonyl (C=O) groups is 3. The van der Waals surface area contributed by atoms with Crippen LogP contribution in [0.15, 0.2) is 64.2 Å². The number of hydrogen-bond acceptors (Lipinski definition) is 8. The molecular weight excluding hydrogens is 629 g/mol. The third kappa shape index (κ3) is 7.90. The molecule has 0 unspecified atom stereocenters. The zero-order valence-electron chi connectivity index (χ0n) is 21.7. The molecule has 0 atom stereocenters. The highest BCUT2D eigenvalue weighted by Crippen LogP contribution is 2.37. The molecule has 1 heterocycles. The summed E-state index contributed by atoms with van der Waals surface area (Å²) in [5.74, 6) is -1.28. The SMILES string of the molecule is COc1cc(/C=N\NC(=O)C(=O)NCc2ccc3c(c2)OCO3)ccc1OCC(=O)Nc1ccc(Br)cc1C(F)(F)F. The highest BCUT2D eigenvalue weighted by molar-refractivity contribution is 9.10. The highest BCUT2D eigenvalue weighted by Gasteiger charge is 2.34. The standard InChI is InChI=1S/C27H22BrF3N4O7/c1-39-22-8-16(12-33-35-26(38)25(37)32-11-15-2-7-21-23(9-15)42-14-41-21)3-6-20(22)40-13-24(36)34-19-5-4-17(28)10-18(19)27(29,30)31/h2-10,12H,11,13-14H2,1H3,(H,32,37)(H,34,36)(H,35,38)/b33-12-. The average Bonchev–Trinajstić information content (AvgIpc) is 3.43. The summed E-state index contributed by atoms with van der Waals surface area (Å²) in [6, 6.07) is 12.9. The summed E-state index contributed by atoms with van der Waals surface area (Å²) in [5, 5.41) is 8.40. The van der Waals surface area contributed by atoms with E-state index < -0.39 is 41.8 Å². The van der Waals surface area contributed by atoms with Crippen molar-refractivity contribution in [2.45, 2.75) is 12.7 Å². The number of ether oxygens (including phenoxy) is 4. The van der Waals surface area contributed by atoms with E-state index in [1.165, 1.54) is 37.6 Å². The molecule has 0 fully saturated rings. The van der Waals surface area contributed by atoms with Crippen molar-refractivity contribution in [2.75, 3.05) is 25.8 Å². The maximum absolute atomic E-state index is 13.3. The minimum atomic E-state index is -4.68. The number of rotatable bonds is 9. The van der Waals surface area contributed by atoms with Crippen molar-refractivity contribution in [3.8, 4) is 23.0 Å². The highest BCUT2D eigenvalue weighted by atomic mass is 79.9. The van der Waals surface area contributed by atoms with Crippen LogP contribution in [0.1, 0.15) is 16.7 Å². The van der Waals surface area contributed by atoms with Crippen LogP contribution >= 0.6 is 15.9 Å². The first-order valence-corrected chi connectivity index (χ1v) is 12.8. The number of methoxy groups -OCH3 is 1. The maximum atomic E-state index is 13.3. The molecule has 3 N–H and O–H groups in total. The van der Waals surface area contributed by atoms with E-state index in [2.05, 4.69) is 37.1 Å². The fourth-order valence-electron chi connectivity index (χ4n) is 3.60. The van der Waals surface area contributed by atoms with Gasteiger partial charge >= 0.3 is 18.0 Å². The number of alkyl halides is 3. The van der Waals surface area contributed by atoms with Gasteiger partial charge in [-0.15, -0.1) is 0 Å². The molecule has 1 aliphatic heterocycles. The fourth-order valence-corrected chi connectivity index (χ4v) is 3.96. The second-order valence-corrected chi connectivity index (χ2v) is 9.42. The van der Waals surface area contributed by atoms with Crippen LogP contribution in [0.5, 0.6) is 23.0 Å². The summed E-state index contributed by atoms with van der Waals surface area (Å²) in [6.07, 6.45) is -3.43. The number of benzene rings is 3. The molecule has 0 radical (unpaired) electrons. The van der Waals surface area contributed by atoms with Crippen LogP contribution in [-0.2, 0) is 27.1 Å². The topological polar surface area (TPSA) is 137 Å². The van der Waals surface area contributed by atoms with Crippen molar-refractivity contribution in [1.29, 1.82) is 0 Å². The van der Waals surface area contributed by atoms with Crippen molar-refractivity contribution in [1.82, 2.24) is 10.7 Å². The molecule has 3 amide bonds. The van der Waals surface area contributed by atoms with Gasteiger partial charge in [0.05, 0.1) is 24.6 Å². The van der Waals surface area contributed by atoms with Gasteiger partial charge in [0.15, 0.2) is 29.6 Å². The third-order valence-electron chi connectivity index (χ3n) is 5.58. The normalized spacial score (nSPS) is 12.1. The zero-order valence-corrected chi connectivity index (χ0v) is 23.3. The second kappa shape index (κ2) is 13.2. The van der Waals surface area contributed by atoms with Gasteiger partial charge in [0.25, 0.3) is 5.91 Å². The molecule has 220 valence electrons. The lowest BCUT2D eigenvalue weighted by Crippen LogP contribution is -2.37.